The minimum atomic E-state index is 0. The molecule has 1 unspecified atom stereocenters. The number of nitrogens with one attached hydrogen (secondary N) is 3. The van der Waals surface area contributed by atoms with Gasteiger partial charge in [-0.3, -0.25) is 0 Å². The number of anilines is 1. The predicted molar refractivity (Wildman–Crippen MR) is 142 cm³/mol. The summed E-state index contributed by atoms with van der Waals surface area (Å²) < 4.78 is 5.64. The van der Waals surface area contributed by atoms with Gasteiger partial charge in [0.2, 0.25) is 0 Å². The Labute approximate surface area is 207 Å². The summed E-state index contributed by atoms with van der Waals surface area (Å²) in [4.78, 5) is 15.0. The summed E-state index contributed by atoms with van der Waals surface area (Å²) >= 11 is 0. The van der Waals surface area contributed by atoms with Crippen LogP contribution in [0.4, 0.5) is 5.82 Å². The lowest BCUT2D eigenvalue weighted by Crippen LogP contribution is -2.41. The van der Waals surface area contributed by atoms with Crippen molar-refractivity contribution in [2.75, 3.05) is 37.7 Å². The number of pyridine rings is 1. The number of aliphatic imine (C=N–C) groups is 1. The normalized spacial score (nSPS) is 16.6. The van der Waals surface area contributed by atoms with E-state index >= 15 is 0 Å². The average Bonchev–Trinajstić information content (AvgIpc) is 3.21. The number of fused-ring (bicyclic) bond motifs is 1. The fraction of sp³-hybridized carbons (Fsp3) is 0.417. The number of rotatable bonds is 7. The molecule has 0 spiro atoms. The summed E-state index contributed by atoms with van der Waals surface area (Å²) in [5, 5.41) is 8.09. The van der Waals surface area contributed by atoms with Crippen LogP contribution in [0.3, 0.4) is 0 Å². The molecule has 1 aliphatic rings. The van der Waals surface area contributed by atoms with Crippen LogP contribution in [-0.4, -0.2) is 54.8 Å². The van der Waals surface area contributed by atoms with Crippen molar-refractivity contribution in [1.29, 1.82) is 0 Å². The number of ether oxygens (including phenoxy) is 1. The monoisotopic (exact) mass is 548 g/mol. The van der Waals surface area contributed by atoms with E-state index in [0.717, 1.165) is 56.5 Å². The van der Waals surface area contributed by atoms with Crippen LogP contribution in [0.25, 0.3) is 10.9 Å². The number of guanidine groups is 1. The van der Waals surface area contributed by atoms with Crippen molar-refractivity contribution in [3.63, 3.8) is 0 Å². The average molecular weight is 548 g/mol. The summed E-state index contributed by atoms with van der Waals surface area (Å²) in [5.41, 5.74) is 3.65. The predicted octanol–water partition coefficient (Wildman–Crippen LogP) is 3.70. The number of aromatic amines is 1. The third-order valence-electron chi connectivity index (χ3n) is 5.50. The van der Waals surface area contributed by atoms with E-state index in [1.807, 2.05) is 12.3 Å². The van der Waals surface area contributed by atoms with E-state index in [1.165, 1.54) is 16.5 Å². The molecule has 4 rings (SSSR count). The number of nitrogens with zero attached hydrogens (tertiary/aromatic N) is 3. The second-order valence-corrected chi connectivity index (χ2v) is 7.88. The van der Waals surface area contributed by atoms with Gasteiger partial charge in [-0.25, -0.2) is 9.98 Å². The lowest BCUT2D eigenvalue weighted by Gasteiger charge is -2.32. The maximum atomic E-state index is 5.64. The van der Waals surface area contributed by atoms with Crippen molar-refractivity contribution < 1.29 is 4.74 Å². The highest BCUT2D eigenvalue weighted by atomic mass is 127. The zero-order valence-corrected chi connectivity index (χ0v) is 21.1. The van der Waals surface area contributed by atoms with E-state index in [1.54, 1.807) is 0 Å². The highest BCUT2D eigenvalue weighted by Gasteiger charge is 2.18. The molecule has 1 fully saturated rings. The molecule has 0 bridgehead atoms. The summed E-state index contributed by atoms with van der Waals surface area (Å²) in [6.07, 6.45) is 5.14. The maximum absolute atomic E-state index is 5.64. The van der Waals surface area contributed by atoms with E-state index in [0.29, 0.717) is 6.54 Å². The SMILES string of the molecule is CCNC(=NCc1ccnc(N2CCOC(C)C2)c1)NCCc1c[nH]c2ccccc12.I. The van der Waals surface area contributed by atoms with Crippen molar-refractivity contribution in [3.8, 4) is 0 Å². The van der Waals surface area contributed by atoms with Crippen LogP contribution in [0.2, 0.25) is 0 Å². The molecule has 0 amide bonds. The van der Waals surface area contributed by atoms with Crippen molar-refractivity contribution >= 4 is 46.7 Å². The van der Waals surface area contributed by atoms with E-state index in [4.69, 9.17) is 9.73 Å². The minimum absolute atomic E-state index is 0. The van der Waals surface area contributed by atoms with Gasteiger partial charge in [-0.15, -0.1) is 24.0 Å². The number of H-pyrrole nitrogens is 1. The molecule has 1 atom stereocenters. The first kappa shape index (κ1) is 24.3. The lowest BCUT2D eigenvalue weighted by molar-refractivity contribution is 0.0529. The fourth-order valence-corrected chi connectivity index (χ4v) is 3.92. The number of hydrogen-bond acceptors (Lipinski definition) is 4. The Morgan fingerprint density at radius 2 is 2.16 bits per heavy atom. The first-order valence-electron chi connectivity index (χ1n) is 11.1. The zero-order valence-electron chi connectivity index (χ0n) is 18.8. The third-order valence-corrected chi connectivity index (χ3v) is 5.50. The van der Waals surface area contributed by atoms with Crippen LogP contribution in [0.1, 0.15) is 25.0 Å². The Morgan fingerprint density at radius 3 is 3.00 bits per heavy atom. The lowest BCUT2D eigenvalue weighted by atomic mass is 10.1. The fourth-order valence-electron chi connectivity index (χ4n) is 3.92. The highest BCUT2D eigenvalue weighted by molar-refractivity contribution is 14.0. The smallest absolute Gasteiger partial charge is 0.191 e. The van der Waals surface area contributed by atoms with Gasteiger partial charge in [0.05, 0.1) is 19.3 Å². The van der Waals surface area contributed by atoms with E-state index < -0.39 is 0 Å². The van der Waals surface area contributed by atoms with Crippen LogP contribution >= 0.6 is 24.0 Å². The molecule has 2 aromatic heterocycles. The Kier molecular flexibility index (Phi) is 9.16. The largest absolute Gasteiger partial charge is 0.375 e. The molecular weight excluding hydrogens is 515 g/mol. The first-order valence-corrected chi connectivity index (χ1v) is 11.1. The second kappa shape index (κ2) is 12.1. The number of para-hydroxylation sites is 1. The quantitative estimate of drug-likeness (QED) is 0.239. The van der Waals surface area contributed by atoms with Crippen molar-refractivity contribution in [1.82, 2.24) is 20.6 Å². The van der Waals surface area contributed by atoms with Crippen LogP contribution in [0.15, 0.2) is 53.8 Å². The number of aromatic nitrogens is 2. The number of morpholine rings is 1. The number of halogens is 1. The highest BCUT2D eigenvalue weighted by Crippen LogP contribution is 2.18. The Hall–Kier alpha value is -2.33. The number of benzene rings is 1. The van der Waals surface area contributed by atoms with Crippen LogP contribution in [0.5, 0.6) is 0 Å². The Bertz CT molecular complexity index is 1020. The second-order valence-electron chi connectivity index (χ2n) is 7.88. The summed E-state index contributed by atoms with van der Waals surface area (Å²) in [6.45, 7) is 8.94. The van der Waals surface area contributed by atoms with Gasteiger partial charge in [0.1, 0.15) is 5.82 Å². The van der Waals surface area contributed by atoms with Gasteiger partial charge in [0, 0.05) is 49.5 Å². The Balaban J connectivity index is 0.00000289. The van der Waals surface area contributed by atoms with Gasteiger partial charge in [-0.1, -0.05) is 18.2 Å². The van der Waals surface area contributed by atoms with Gasteiger partial charge in [0.15, 0.2) is 5.96 Å². The summed E-state index contributed by atoms with van der Waals surface area (Å²) in [5.74, 6) is 1.83. The van der Waals surface area contributed by atoms with Crippen LogP contribution in [0, 0.1) is 0 Å². The molecule has 1 saturated heterocycles. The molecular formula is C24H33IN6O. The molecule has 8 heteroatoms. The summed E-state index contributed by atoms with van der Waals surface area (Å²) in [7, 11) is 0. The van der Waals surface area contributed by atoms with Gasteiger partial charge in [-0.05, 0) is 49.6 Å². The van der Waals surface area contributed by atoms with E-state index in [9.17, 15) is 0 Å². The molecule has 3 heterocycles. The molecule has 0 aliphatic carbocycles. The molecule has 0 saturated carbocycles. The van der Waals surface area contributed by atoms with Gasteiger partial charge >= 0.3 is 0 Å². The van der Waals surface area contributed by atoms with Crippen molar-refractivity contribution in [2.24, 2.45) is 4.99 Å². The van der Waals surface area contributed by atoms with Gasteiger partial charge in [0.25, 0.3) is 0 Å². The van der Waals surface area contributed by atoms with E-state index in [-0.39, 0.29) is 30.1 Å². The van der Waals surface area contributed by atoms with Crippen LogP contribution in [-0.2, 0) is 17.7 Å². The third kappa shape index (κ3) is 6.35. The van der Waals surface area contributed by atoms with Gasteiger partial charge in [-0.2, -0.15) is 0 Å². The molecule has 3 N–H and O–H groups in total. The summed E-state index contributed by atoms with van der Waals surface area (Å²) in [6, 6.07) is 12.6. The molecule has 172 valence electrons. The standard InChI is InChI=1S/C24H32N6O.HI/c1-3-25-24(27-11-9-20-16-28-22-7-5-4-6-21(20)22)29-15-19-8-10-26-23(14-19)30-12-13-31-18(2)17-30;/h4-8,10,14,16,18,28H,3,9,11-13,15,17H2,1-2H3,(H2,25,27,29);1H. The van der Waals surface area contributed by atoms with Crippen LogP contribution < -0.4 is 15.5 Å². The van der Waals surface area contributed by atoms with Crippen molar-refractivity contribution in [3.05, 3.63) is 59.9 Å². The molecule has 3 aromatic rings. The first-order chi connectivity index (χ1) is 15.2. The topological polar surface area (TPSA) is 77.6 Å². The Morgan fingerprint density at radius 1 is 1.28 bits per heavy atom. The molecule has 32 heavy (non-hydrogen) atoms. The van der Waals surface area contributed by atoms with Gasteiger partial charge < -0.3 is 25.3 Å². The maximum Gasteiger partial charge on any atom is 0.191 e. The number of hydrogen-bond donors (Lipinski definition) is 3. The molecule has 0 radical (unpaired) electrons. The van der Waals surface area contributed by atoms with E-state index in [2.05, 4.69) is 75.9 Å². The zero-order chi connectivity index (χ0) is 21.5. The molecule has 1 aliphatic heterocycles. The molecule has 7 nitrogen and oxygen atoms in total. The minimum Gasteiger partial charge on any atom is -0.375 e. The van der Waals surface area contributed by atoms with Crippen molar-refractivity contribution in [2.45, 2.75) is 32.9 Å². The molecule has 1 aromatic carbocycles.